The molecule has 2 nitrogen and oxygen atoms in total. The summed E-state index contributed by atoms with van der Waals surface area (Å²) in [6, 6.07) is 5.71. The lowest BCUT2D eigenvalue weighted by Crippen LogP contribution is -2.69. The first kappa shape index (κ1) is 11.8. The lowest BCUT2D eigenvalue weighted by molar-refractivity contribution is -0.137. The van der Waals surface area contributed by atoms with Gasteiger partial charge in [0.15, 0.2) is 0 Å². The molecule has 1 saturated carbocycles. The lowest BCUT2D eigenvalue weighted by Gasteiger charge is -2.50. The van der Waals surface area contributed by atoms with Crippen LogP contribution in [0.5, 0.6) is 0 Å². The monoisotopic (exact) mass is 256 g/mol. The molecule has 0 bridgehead atoms. The van der Waals surface area contributed by atoms with Gasteiger partial charge in [0.05, 0.1) is 11.1 Å². The summed E-state index contributed by atoms with van der Waals surface area (Å²) in [6.07, 6.45) is -2.07. The normalized spacial score (nSPS) is 22.8. The van der Waals surface area contributed by atoms with E-state index in [1.165, 1.54) is 12.1 Å². The van der Waals surface area contributed by atoms with Crippen molar-refractivity contribution in [3.05, 3.63) is 29.8 Å². The molecule has 0 aromatic heterocycles. The van der Waals surface area contributed by atoms with Gasteiger partial charge in [-0.1, -0.05) is 12.1 Å². The quantitative estimate of drug-likeness (QED) is 0.881. The van der Waals surface area contributed by atoms with Crippen molar-refractivity contribution in [1.82, 2.24) is 0 Å². The predicted octanol–water partition coefficient (Wildman–Crippen LogP) is 2.63. The third-order valence-electron chi connectivity index (χ3n) is 3.91. The average molecular weight is 256 g/mol. The molecular formula is C13H15F3N2. The predicted molar refractivity (Wildman–Crippen MR) is 63.3 cm³/mol. The van der Waals surface area contributed by atoms with E-state index in [1.54, 1.807) is 11.0 Å². The highest BCUT2D eigenvalue weighted by Crippen LogP contribution is 2.46. The molecular weight excluding hydrogens is 241 g/mol. The summed E-state index contributed by atoms with van der Waals surface area (Å²) in [5, 5.41) is 0. The van der Waals surface area contributed by atoms with E-state index in [1.807, 2.05) is 0 Å². The number of nitrogens with two attached hydrogens (primary N) is 1. The van der Waals surface area contributed by atoms with Crippen LogP contribution in [0.1, 0.15) is 18.4 Å². The van der Waals surface area contributed by atoms with Gasteiger partial charge in [0.25, 0.3) is 0 Å². The standard InChI is InChI=1S/C13H15F3N2/c14-13(15,16)10-3-1-2-4-11(10)18-7-12(17,8-18)9-5-6-9/h1-4,9H,5-8,17H2. The van der Waals surface area contributed by atoms with Crippen LogP contribution in [0.3, 0.4) is 0 Å². The van der Waals surface area contributed by atoms with Crippen LogP contribution in [0.4, 0.5) is 18.9 Å². The van der Waals surface area contributed by atoms with Gasteiger partial charge < -0.3 is 10.6 Å². The molecule has 1 aromatic rings. The number of anilines is 1. The molecule has 5 heteroatoms. The van der Waals surface area contributed by atoms with Crippen LogP contribution in [0, 0.1) is 5.92 Å². The largest absolute Gasteiger partial charge is 0.418 e. The van der Waals surface area contributed by atoms with E-state index in [9.17, 15) is 13.2 Å². The van der Waals surface area contributed by atoms with Gasteiger partial charge in [0.1, 0.15) is 0 Å². The first-order valence-electron chi connectivity index (χ1n) is 6.10. The molecule has 2 aliphatic rings. The van der Waals surface area contributed by atoms with Crippen LogP contribution in [-0.4, -0.2) is 18.6 Å². The van der Waals surface area contributed by atoms with E-state index in [0.717, 1.165) is 18.9 Å². The van der Waals surface area contributed by atoms with Crippen molar-refractivity contribution in [2.24, 2.45) is 11.7 Å². The number of benzene rings is 1. The first-order valence-corrected chi connectivity index (χ1v) is 6.10. The number of hydrogen-bond donors (Lipinski definition) is 1. The van der Waals surface area contributed by atoms with E-state index in [-0.39, 0.29) is 11.2 Å². The van der Waals surface area contributed by atoms with Crippen molar-refractivity contribution in [2.75, 3.05) is 18.0 Å². The molecule has 0 unspecified atom stereocenters. The Morgan fingerprint density at radius 1 is 1.17 bits per heavy atom. The lowest BCUT2D eigenvalue weighted by atomic mass is 9.85. The Bertz CT molecular complexity index is 460. The molecule has 2 fully saturated rings. The van der Waals surface area contributed by atoms with Gasteiger partial charge in [-0.3, -0.25) is 0 Å². The molecule has 0 spiro atoms. The number of rotatable bonds is 2. The highest BCUT2D eigenvalue weighted by molar-refractivity contribution is 5.58. The summed E-state index contributed by atoms with van der Waals surface area (Å²) < 4.78 is 38.6. The summed E-state index contributed by atoms with van der Waals surface area (Å²) in [4.78, 5) is 1.74. The highest BCUT2D eigenvalue weighted by atomic mass is 19.4. The van der Waals surface area contributed by atoms with Gasteiger partial charge in [-0.05, 0) is 30.9 Å². The van der Waals surface area contributed by atoms with Gasteiger partial charge in [-0.25, -0.2) is 0 Å². The Balaban J connectivity index is 1.82. The van der Waals surface area contributed by atoms with E-state index < -0.39 is 11.7 Å². The van der Waals surface area contributed by atoms with Gasteiger partial charge in [-0.15, -0.1) is 0 Å². The van der Waals surface area contributed by atoms with E-state index >= 15 is 0 Å². The zero-order valence-electron chi connectivity index (χ0n) is 9.87. The molecule has 1 aliphatic heterocycles. The van der Waals surface area contributed by atoms with Gasteiger partial charge in [0, 0.05) is 18.8 Å². The first-order chi connectivity index (χ1) is 8.40. The van der Waals surface area contributed by atoms with Crippen LogP contribution in [0.25, 0.3) is 0 Å². The van der Waals surface area contributed by atoms with Crippen LogP contribution < -0.4 is 10.6 Å². The Kier molecular flexibility index (Phi) is 2.39. The van der Waals surface area contributed by atoms with Crippen molar-refractivity contribution in [3.63, 3.8) is 0 Å². The van der Waals surface area contributed by atoms with E-state index in [4.69, 9.17) is 5.73 Å². The Hall–Kier alpha value is -1.23. The number of alkyl halides is 3. The van der Waals surface area contributed by atoms with Gasteiger partial charge in [0.2, 0.25) is 0 Å². The fourth-order valence-electron chi connectivity index (χ4n) is 2.74. The van der Waals surface area contributed by atoms with Crippen molar-refractivity contribution >= 4 is 5.69 Å². The SMILES string of the molecule is NC1(C2CC2)CN(c2ccccc2C(F)(F)F)C1. The zero-order valence-corrected chi connectivity index (χ0v) is 9.87. The van der Waals surface area contributed by atoms with Crippen molar-refractivity contribution < 1.29 is 13.2 Å². The van der Waals surface area contributed by atoms with Crippen molar-refractivity contribution in [2.45, 2.75) is 24.6 Å². The van der Waals surface area contributed by atoms with Crippen LogP contribution in [0.15, 0.2) is 24.3 Å². The number of halogens is 3. The average Bonchev–Trinajstić information content (AvgIpc) is 3.07. The summed E-state index contributed by atoms with van der Waals surface area (Å²) >= 11 is 0. The smallest absolute Gasteiger partial charge is 0.367 e. The summed E-state index contributed by atoms with van der Waals surface area (Å²) in [5.74, 6) is 0.506. The van der Waals surface area contributed by atoms with Crippen LogP contribution in [0.2, 0.25) is 0 Å². The molecule has 18 heavy (non-hydrogen) atoms. The van der Waals surface area contributed by atoms with E-state index in [0.29, 0.717) is 19.0 Å². The van der Waals surface area contributed by atoms with Crippen LogP contribution >= 0.6 is 0 Å². The zero-order chi connectivity index (χ0) is 13.0. The van der Waals surface area contributed by atoms with E-state index in [2.05, 4.69) is 0 Å². The summed E-state index contributed by atoms with van der Waals surface area (Å²) in [7, 11) is 0. The van der Waals surface area contributed by atoms with Gasteiger partial charge in [-0.2, -0.15) is 13.2 Å². The molecule has 1 saturated heterocycles. The molecule has 3 rings (SSSR count). The van der Waals surface area contributed by atoms with Gasteiger partial charge >= 0.3 is 6.18 Å². The second kappa shape index (κ2) is 3.63. The number of nitrogens with zero attached hydrogens (tertiary/aromatic N) is 1. The maximum Gasteiger partial charge on any atom is 0.418 e. The van der Waals surface area contributed by atoms with Crippen molar-refractivity contribution in [1.29, 1.82) is 0 Å². The van der Waals surface area contributed by atoms with Crippen molar-refractivity contribution in [3.8, 4) is 0 Å². The third-order valence-corrected chi connectivity index (χ3v) is 3.91. The molecule has 2 N–H and O–H groups in total. The minimum Gasteiger partial charge on any atom is -0.367 e. The minimum atomic E-state index is -4.30. The molecule has 1 aromatic carbocycles. The second-order valence-corrected chi connectivity index (χ2v) is 5.38. The number of hydrogen-bond acceptors (Lipinski definition) is 2. The molecule has 1 heterocycles. The third kappa shape index (κ3) is 1.86. The summed E-state index contributed by atoms with van der Waals surface area (Å²) in [5.41, 5.74) is 5.60. The Morgan fingerprint density at radius 2 is 1.78 bits per heavy atom. The fourth-order valence-corrected chi connectivity index (χ4v) is 2.74. The summed E-state index contributed by atoms with van der Waals surface area (Å²) in [6.45, 7) is 1.06. The van der Waals surface area contributed by atoms with Crippen LogP contribution in [-0.2, 0) is 6.18 Å². The number of para-hydroxylation sites is 1. The molecule has 0 radical (unpaired) electrons. The second-order valence-electron chi connectivity index (χ2n) is 5.38. The maximum atomic E-state index is 12.9. The topological polar surface area (TPSA) is 29.3 Å². The fraction of sp³-hybridized carbons (Fsp3) is 0.538. The maximum absolute atomic E-state index is 12.9. The minimum absolute atomic E-state index is 0.256. The molecule has 0 atom stereocenters. The molecule has 1 aliphatic carbocycles. The highest BCUT2D eigenvalue weighted by Gasteiger charge is 2.51. The Morgan fingerprint density at radius 3 is 2.33 bits per heavy atom. The molecule has 98 valence electrons. The molecule has 0 amide bonds. The Labute approximate surface area is 104 Å².